The molecule has 28 heavy (non-hydrogen) atoms. The molecule has 0 saturated carbocycles. The molecule has 0 aromatic rings. The molecule has 2 saturated heterocycles. The Kier molecular flexibility index (Phi) is 6.72. The first-order chi connectivity index (χ1) is 13.1. The molecule has 0 aromatic heterocycles. The Labute approximate surface area is 159 Å². The summed E-state index contributed by atoms with van der Waals surface area (Å²) in [6.07, 6.45) is 0.608. The van der Waals surface area contributed by atoms with Gasteiger partial charge in [-0.15, -0.1) is 0 Å². The van der Waals surface area contributed by atoms with Gasteiger partial charge >= 0.3 is 35.6 Å². The number of rotatable bonds is 9. The predicted molar refractivity (Wildman–Crippen MR) is 82.5 cm³/mol. The van der Waals surface area contributed by atoms with E-state index in [1.54, 1.807) is 0 Å². The van der Waals surface area contributed by atoms with Gasteiger partial charge in [-0.25, -0.2) is 38.4 Å². The number of hydrogen-bond donors (Lipinski definition) is 2. The first-order valence-electron chi connectivity index (χ1n) is 8.91. The standard InChI is InChI=1S/C16H22N2O10/c19-11-7-8-12(20)17(11,25)27-15(23)5-3-1-2-4-6-16(24)28-18(26)13(21)9-10-14(18)22/h25-26H,1-10H2/q+2. The minimum Gasteiger partial charge on any atom is -0.245 e. The minimum absolute atomic E-state index is 0.134. The summed E-state index contributed by atoms with van der Waals surface area (Å²) in [7, 11) is 0. The zero-order valence-electron chi connectivity index (χ0n) is 15.1. The van der Waals surface area contributed by atoms with Crippen LogP contribution < -0.4 is 0 Å². The molecule has 0 atom stereocenters. The average molecular weight is 402 g/mol. The zero-order chi connectivity index (χ0) is 20.9. The molecule has 154 valence electrons. The van der Waals surface area contributed by atoms with Gasteiger partial charge in [0.1, 0.15) is 9.62 Å². The summed E-state index contributed by atoms with van der Waals surface area (Å²) in [6, 6.07) is 0. The monoisotopic (exact) mass is 402 g/mol. The lowest BCUT2D eigenvalue weighted by Crippen LogP contribution is -2.50. The summed E-state index contributed by atoms with van der Waals surface area (Å²) in [5.74, 6) is -5.37. The lowest BCUT2D eigenvalue weighted by Gasteiger charge is -2.15. The van der Waals surface area contributed by atoms with Crippen molar-refractivity contribution in [3.8, 4) is 0 Å². The minimum atomic E-state index is -1.94. The molecule has 0 spiro atoms. The van der Waals surface area contributed by atoms with E-state index in [1.807, 2.05) is 0 Å². The van der Waals surface area contributed by atoms with Gasteiger partial charge in [0.05, 0.1) is 38.5 Å². The van der Waals surface area contributed by atoms with E-state index in [4.69, 9.17) is 0 Å². The number of hydrogen-bond acceptors (Lipinski definition) is 10. The van der Waals surface area contributed by atoms with Gasteiger partial charge in [0.15, 0.2) is 0 Å². The van der Waals surface area contributed by atoms with Crippen molar-refractivity contribution in [2.75, 3.05) is 0 Å². The third-order valence-corrected chi connectivity index (χ3v) is 4.44. The van der Waals surface area contributed by atoms with Crippen molar-refractivity contribution < 1.29 is 58.5 Å². The summed E-state index contributed by atoms with van der Waals surface area (Å²) >= 11 is 0. The van der Waals surface area contributed by atoms with Gasteiger partial charge < -0.3 is 0 Å². The van der Waals surface area contributed by atoms with Gasteiger partial charge in [-0.05, 0) is 12.8 Å². The van der Waals surface area contributed by atoms with Gasteiger partial charge in [0.25, 0.3) is 0 Å². The molecular weight excluding hydrogens is 380 g/mol. The fourth-order valence-electron chi connectivity index (χ4n) is 2.79. The quantitative estimate of drug-likeness (QED) is 0.238. The summed E-state index contributed by atoms with van der Waals surface area (Å²) < 4.78 is 0. The highest BCUT2D eigenvalue weighted by atomic mass is 17.0. The molecule has 2 N–H and O–H groups in total. The second-order valence-electron chi connectivity index (χ2n) is 6.57. The van der Waals surface area contributed by atoms with Crippen molar-refractivity contribution in [1.82, 2.24) is 0 Å². The van der Waals surface area contributed by atoms with E-state index < -0.39 is 45.2 Å². The van der Waals surface area contributed by atoms with Gasteiger partial charge in [-0.1, -0.05) is 12.8 Å². The molecule has 0 unspecified atom stereocenters. The number of quaternary nitrogens is 2. The zero-order valence-corrected chi connectivity index (χ0v) is 15.1. The Balaban J connectivity index is 1.60. The highest BCUT2D eigenvalue weighted by Crippen LogP contribution is 2.22. The number of amides is 4. The van der Waals surface area contributed by atoms with Crippen LogP contribution in [0.1, 0.15) is 64.2 Å². The number of nitrogens with zero attached hydrogens (tertiary/aromatic N) is 2. The van der Waals surface area contributed by atoms with Crippen molar-refractivity contribution in [3.05, 3.63) is 0 Å². The van der Waals surface area contributed by atoms with Crippen LogP contribution in [0.25, 0.3) is 0 Å². The Morgan fingerprint density at radius 3 is 1.21 bits per heavy atom. The molecule has 0 aliphatic carbocycles. The summed E-state index contributed by atoms with van der Waals surface area (Å²) in [5.41, 5.74) is 0. The van der Waals surface area contributed by atoms with Crippen LogP contribution in [0.2, 0.25) is 0 Å². The topological polar surface area (TPSA) is 161 Å². The maximum Gasteiger partial charge on any atom is 0.397 e. The fraction of sp³-hybridized carbons (Fsp3) is 0.625. The molecule has 2 aliphatic heterocycles. The predicted octanol–water partition coefficient (Wildman–Crippen LogP) is 0.349. The number of imide groups is 2. The van der Waals surface area contributed by atoms with E-state index in [-0.39, 0.29) is 38.5 Å². The fourth-order valence-corrected chi connectivity index (χ4v) is 2.79. The van der Waals surface area contributed by atoms with Crippen LogP contribution in [0.15, 0.2) is 0 Å². The van der Waals surface area contributed by atoms with Crippen molar-refractivity contribution in [2.45, 2.75) is 64.2 Å². The molecule has 0 bridgehead atoms. The van der Waals surface area contributed by atoms with Crippen molar-refractivity contribution in [3.63, 3.8) is 0 Å². The first kappa shape index (κ1) is 21.8. The number of hydroxylamine groups is 8. The lowest BCUT2D eigenvalue weighted by atomic mass is 10.1. The van der Waals surface area contributed by atoms with Crippen LogP contribution >= 0.6 is 0 Å². The van der Waals surface area contributed by atoms with Crippen LogP contribution in [0.3, 0.4) is 0 Å². The van der Waals surface area contributed by atoms with Crippen molar-refractivity contribution in [1.29, 1.82) is 0 Å². The van der Waals surface area contributed by atoms with Gasteiger partial charge in [-0.2, -0.15) is 10.4 Å². The Bertz CT molecular complexity index is 624. The highest BCUT2D eigenvalue weighted by Gasteiger charge is 2.56. The Hall–Kier alpha value is -2.54. The van der Waals surface area contributed by atoms with Gasteiger partial charge in [0, 0.05) is 0 Å². The molecule has 0 aromatic carbocycles. The van der Waals surface area contributed by atoms with Crippen LogP contribution in [0.4, 0.5) is 0 Å². The smallest absolute Gasteiger partial charge is 0.245 e. The van der Waals surface area contributed by atoms with E-state index in [1.165, 1.54) is 0 Å². The van der Waals surface area contributed by atoms with Gasteiger partial charge in [0.2, 0.25) is 0 Å². The molecule has 12 heteroatoms. The normalized spacial score (nSPS) is 20.5. The second kappa shape index (κ2) is 8.65. The van der Waals surface area contributed by atoms with E-state index >= 15 is 0 Å². The average Bonchev–Trinajstić information content (AvgIpc) is 3.02. The maximum absolute atomic E-state index is 11.7. The lowest BCUT2D eigenvalue weighted by molar-refractivity contribution is -1.12. The van der Waals surface area contributed by atoms with Crippen molar-refractivity contribution >= 4 is 35.6 Å². The van der Waals surface area contributed by atoms with E-state index in [2.05, 4.69) is 9.68 Å². The molecule has 2 fully saturated rings. The third kappa shape index (κ3) is 4.65. The summed E-state index contributed by atoms with van der Waals surface area (Å²) in [5, 5.41) is 19.5. The largest absolute Gasteiger partial charge is 0.397 e. The Morgan fingerprint density at radius 2 is 0.929 bits per heavy atom. The van der Waals surface area contributed by atoms with Crippen molar-refractivity contribution in [2.24, 2.45) is 0 Å². The third-order valence-electron chi connectivity index (χ3n) is 4.44. The molecule has 0 radical (unpaired) electrons. The summed E-state index contributed by atoms with van der Waals surface area (Å²) in [4.78, 5) is 74.3. The number of unbranched alkanes of at least 4 members (excludes halogenated alkanes) is 3. The first-order valence-corrected chi connectivity index (χ1v) is 8.91. The van der Waals surface area contributed by atoms with E-state index in [9.17, 15) is 39.2 Å². The van der Waals surface area contributed by atoms with Crippen LogP contribution in [-0.4, -0.2) is 55.6 Å². The van der Waals surface area contributed by atoms with E-state index in [0.29, 0.717) is 25.7 Å². The number of carbonyl (C=O) groups excluding carboxylic acids is 6. The number of carbonyl (C=O) groups is 6. The molecule has 4 amide bonds. The summed E-state index contributed by atoms with van der Waals surface area (Å²) in [6.45, 7) is 0. The maximum atomic E-state index is 11.7. The molecule has 2 heterocycles. The second-order valence-corrected chi connectivity index (χ2v) is 6.57. The molecule has 2 rings (SSSR count). The van der Waals surface area contributed by atoms with Crippen LogP contribution in [0.5, 0.6) is 0 Å². The molecule has 2 aliphatic rings. The highest BCUT2D eigenvalue weighted by molar-refractivity contribution is 5.91. The van der Waals surface area contributed by atoms with Crippen LogP contribution in [-0.2, 0) is 38.4 Å². The SMILES string of the molecule is O=C(CCCCCCC(=O)O[N+]1(O)C(=O)CCC1=O)O[N+]1(O)C(=O)CCC1=O. The van der Waals surface area contributed by atoms with Gasteiger partial charge in [-0.3, -0.25) is 0 Å². The van der Waals surface area contributed by atoms with E-state index in [0.717, 1.165) is 0 Å². The molecule has 12 nitrogen and oxygen atoms in total. The Morgan fingerprint density at radius 1 is 0.643 bits per heavy atom. The molecular formula is C16H22N2O10+2. The van der Waals surface area contributed by atoms with Crippen LogP contribution in [0, 0.1) is 0 Å².